The Bertz CT molecular complexity index is 981. The summed E-state index contributed by atoms with van der Waals surface area (Å²) in [6, 6.07) is 15.8. The van der Waals surface area contributed by atoms with Crippen LogP contribution in [0.2, 0.25) is 0 Å². The van der Waals surface area contributed by atoms with Gasteiger partial charge in [-0.2, -0.15) is 0 Å². The van der Waals surface area contributed by atoms with Gasteiger partial charge in [0.1, 0.15) is 17.1 Å². The highest BCUT2D eigenvalue weighted by atomic mass is 16.5. The second-order valence-corrected chi connectivity index (χ2v) is 9.03. The standard InChI is InChI=1S/C26H32N2O4/c1-19(29)28-17-21-8-4-5-10-24(21)32-26(18-28)13-11-22(12-14-26)27(2)25(30)16-20-7-6-9-23(15-20)31-3/h4-10,15,22H,11-14,16-18H2,1-3H3. The van der Waals surface area contributed by atoms with Gasteiger partial charge in [0.2, 0.25) is 11.8 Å². The molecule has 0 bridgehead atoms. The lowest BCUT2D eigenvalue weighted by molar-refractivity contribution is -0.134. The Morgan fingerprint density at radius 1 is 1.16 bits per heavy atom. The fraction of sp³-hybridized carbons (Fsp3) is 0.462. The highest BCUT2D eigenvalue weighted by molar-refractivity contribution is 5.79. The predicted octanol–water partition coefficient (Wildman–Crippen LogP) is 3.82. The molecule has 0 aromatic heterocycles. The topological polar surface area (TPSA) is 59.1 Å². The third-order valence-electron chi connectivity index (χ3n) is 6.88. The number of hydrogen-bond acceptors (Lipinski definition) is 4. The summed E-state index contributed by atoms with van der Waals surface area (Å²) < 4.78 is 11.8. The van der Waals surface area contributed by atoms with Crippen LogP contribution >= 0.6 is 0 Å². The van der Waals surface area contributed by atoms with E-state index in [4.69, 9.17) is 9.47 Å². The number of amides is 2. The van der Waals surface area contributed by atoms with Gasteiger partial charge in [-0.1, -0.05) is 30.3 Å². The molecule has 6 heteroatoms. The first kappa shape index (κ1) is 22.2. The van der Waals surface area contributed by atoms with Crippen LogP contribution in [-0.4, -0.2) is 54.0 Å². The lowest BCUT2D eigenvalue weighted by atomic mass is 9.81. The number of fused-ring (bicyclic) bond motifs is 1. The Hall–Kier alpha value is -3.02. The van der Waals surface area contributed by atoms with E-state index in [2.05, 4.69) is 0 Å². The van der Waals surface area contributed by atoms with E-state index in [0.717, 1.165) is 48.3 Å². The maximum absolute atomic E-state index is 12.9. The first-order valence-corrected chi connectivity index (χ1v) is 11.3. The molecule has 2 amide bonds. The second-order valence-electron chi connectivity index (χ2n) is 9.03. The average Bonchev–Trinajstić information content (AvgIpc) is 2.96. The van der Waals surface area contributed by atoms with Crippen LogP contribution in [0.4, 0.5) is 0 Å². The number of para-hydroxylation sites is 1. The molecule has 6 nitrogen and oxygen atoms in total. The van der Waals surface area contributed by atoms with E-state index in [0.29, 0.717) is 19.5 Å². The average molecular weight is 437 g/mol. The summed E-state index contributed by atoms with van der Waals surface area (Å²) in [6.45, 7) is 2.79. The fourth-order valence-corrected chi connectivity index (χ4v) is 4.89. The molecule has 0 unspecified atom stereocenters. The lowest BCUT2D eigenvalue weighted by Gasteiger charge is -2.43. The summed E-state index contributed by atoms with van der Waals surface area (Å²) in [5.74, 6) is 1.81. The van der Waals surface area contributed by atoms with Crippen LogP contribution < -0.4 is 9.47 Å². The number of carbonyl (C=O) groups excluding carboxylic acids is 2. The van der Waals surface area contributed by atoms with Gasteiger partial charge < -0.3 is 19.3 Å². The number of methoxy groups -OCH3 is 1. The van der Waals surface area contributed by atoms with Crippen LogP contribution in [0.5, 0.6) is 11.5 Å². The quantitative estimate of drug-likeness (QED) is 0.731. The van der Waals surface area contributed by atoms with Gasteiger partial charge in [0.05, 0.1) is 20.1 Å². The number of hydrogen-bond donors (Lipinski definition) is 0. The fourth-order valence-electron chi connectivity index (χ4n) is 4.89. The Kier molecular flexibility index (Phi) is 6.40. The van der Waals surface area contributed by atoms with Crippen molar-refractivity contribution in [1.29, 1.82) is 0 Å². The second kappa shape index (κ2) is 9.23. The van der Waals surface area contributed by atoms with E-state index in [1.165, 1.54) is 0 Å². The van der Waals surface area contributed by atoms with Crippen LogP contribution in [0.3, 0.4) is 0 Å². The summed E-state index contributed by atoms with van der Waals surface area (Å²) in [7, 11) is 3.53. The van der Waals surface area contributed by atoms with Gasteiger partial charge in [0.25, 0.3) is 0 Å². The summed E-state index contributed by atoms with van der Waals surface area (Å²) >= 11 is 0. The molecule has 1 saturated carbocycles. The Morgan fingerprint density at radius 3 is 2.62 bits per heavy atom. The minimum Gasteiger partial charge on any atom is -0.497 e. The van der Waals surface area contributed by atoms with Crippen LogP contribution in [0.15, 0.2) is 48.5 Å². The van der Waals surface area contributed by atoms with Gasteiger partial charge in [-0.05, 0) is 49.4 Å². The zero-order valence-electron chi connectivity index (χ0n) is 19.2. The number of ether oxygens (including phenoxy) is 2. The molecule has 1 aliphatic heterocycles. The van der Waals surface area contributed by atoms with Gasteiger partial charge >= 0.3 is 0 Å². The van der Waals surface area contributed by atoms with Gasteiger partial charge in [-0.3, -0.25) is 9.59 Å². The number of carbonyl (C=O) groups is 2. The molecule has 1 aliphatic carbocycles. The van der Waals surface area contributed by atoms with Crippen molar-refractivity contribution in [3.05, 3.63) is 59.7 Å². The zero-order valence-corrected chi connectivity index (χ0v) is 19.2. The lowest BCUT2D eigenvalue weighted by Crippen LogP contribution is -2.52. The monoisotopic (exact) mass is 436 g/mol. The molecule has 2 aromatic carbocycles. The summed E-state index contributed by atoms with van der Waals surface area (Å²) in [4.78, 5) is 29.0. The molecule has 0 saturated heterocycles. The highest BCUT2D eigenvalue weighted by Crippen LogP contribution is 2.39. The van der Waals surface area contributed by atoms with Crippen LogP contribution in [0.25, 0.3) is 0 Å². The van der Waals surface area contributed by atoms with Crippen LogP contribution in [0, 0.1) is 0 Å². The molecule has 2 aliphatic rings. The minimum absolute atomic E-state index is 0.0670. The number of rotatable bonds is 4. The first-order valence-electron chi connectivity index (χ1n) is 11.3. The van der Waals surface area contributed by atoms with Gasteiger partial charge in [0, 0.05) is 32.1 Å². The number of likely N-dealkylation sites (N-methyl/N-ethyl adjacent to an activating group) is 1. The van der Waals surface area contributed by atoms with E-state index in [9.17, 15) is 9.59 Å². The van der Waals surface area contributed by atoms with E-state index in [1.807, 2.05) is 65.4 Å². The van der Waals surface area contributed by atoms with Crippen molar-refractivity contribution in [2.75, 3.05) is 20.7 Å². The maximum atomic E-state index is 12.9. The minimum atomic E-state index is -0.397. The Morgan fingerprint density at radius 2 is 1.91 bits per heavy atom. The van der Waals surface area contributed by atoms with Gasteiger partial charge in [-0.15, -0.1) is 0 Å². The van der Waals surface area contributed by atoms with E-state index in [-0.39, 0.29) is 17.9 Å². The van der Waals surface area contributed by atoms with E-state index >= 15 is 0 Å². The molecule has 1 spiro atoms. The first-order chi connectivity index (χ1) is 15.4. The van der Waals surface area contributed by atoms with Crippen molar-refractivity contribution >= 4 is 11.8 Å². The molecule has 32 heavy (non-hydrogen) atoms. The van der Waals surface area contributed by atoms with Crippen LogP contribution in [0.1, 0.15) is 43.7 Å². The van der Waals surface area contributed by atoms with Crippen molar-refractivity contribution in [2.45, 2.75) is 57.2 Å². The normalized spacial score (nSPS) is 22.5. The molecule has 1 fully saturated rings. The maximum Gasteiger partial charge on any atom is 0.226 e. The molecule has 0 radical (unpaired) electrons. The molecule has 0 atom stereocenters. The number of nitrogens with zero attached hydrogens (tertiary/aromatic N) is 2. The van der Waals surface area contributed by atoms with Crippen molar-refractivity contribution in [1.82, 2.24) is 9.80 Å². The van der Waals surface area contributed by atoms with Crippen LogP contribution in [-0.2, 0) is 22.6 Å². The SMILES string of the molecule is COc1cccc(CC(=O)N(C)C2CCC3(CC2)CN(C(C)=O)Cc2ccccc2O3)c1. The summed E-state index contributed by atoms with van der Waals surface area (Å²) in [5, 5.41) is 0. The van der Waals surface area contributed by atoms with Gasteiger partial charge in [0.15, 0.2) is 0 Å². The molecule has 0 N–H and O–H groups in total. The predicted molar refractivity (Wildman–Crippen MR) is 123 cm³/mol. The van der Waals surface area contributed by atoms with E-state index < -0.39 is 5.60 Å². The van der Waals surface area contributed by atoms with Crippen molar-refractivity contribution in [3.8, 4) is 11.5 Å². The van der Waals surface area contributed by atoms with Crippen molar-refractivity contribution in [3.63, 3.8) is 0 Å². The summed E-state index contributed by atoms with van der Waals surface area (Å²) in [5.41, 5.74) is 1.60. The molecule has 170 valence electrons. The number of benzene rings is 2. The molecular weight excluding hydrogens is 404 g/mol. The third kappa shape index (κ3) is 4.74. The zero-order chi connectivity index (χ0) is 22.7. The Labute approximate surface area is 190 Å². The highest BCUT2D eigenvalue weighted by Gasteiger charge is 2.43. The van der Waals surface area contributed by atoms with Crippen molar-refractivity contribution in [2.24, 2.45) is 0 Å². The van der Waals surface area contributed by atoms with E-state index in [1.54, 1.807) is 14.0 Å². The molecular formula is C26H32N2O4. The van der Waals surface area contributed by atoms with Gasteiger partial charge in [-0.25, -0.2) is 0 Å². The third-order valence-corrected chi connectivity index (χ3v) is 6.88. The largest absolute Gasteiger partial charge is 0.497 e. The Balaban J connectivity index is 1.43. The molecule has 1 heterocycles. The van der Waals surface area contributed by atoms with Crippen molar-refractivity contribution < 1.29 is 19.1 Å². The summed E-state index contributed by atoms with van der Waals surface area (Å²) in [6.07, 6.45) is 3.69. The molecule has 2 aromatic rings. The smallest absolute Gasteiger partial charge is 0.226 e. The molecule has 4 rings (SSSR count).